The predicted octanol–water partition coefficient (Wildman–Crippen LogP) is 4.16. The molecule has 2 aromatic carbocycles. The Labute approximate surface area is 169 Å². The summed E-state index contributed by atoms with van der Waals surface area (Å²) in [6.45, 7) is 4.04. The monoisotopic (exact) mass is 396 g/mol. The fourth-order valence-corrected chi connectivity index (χ4v) is 2.93. The zero-order chi connectivity index (χ0) is 21.0. The molecular formula is C22H24N2O5. The van der Waals surface area contributed by atoms with Crippen LogP contribution in [-0.2, 0) is 6.61 Å². The van der Waals surface area contributed by atoms with Crippen molar-refractivity contribution in [2.75, 3.05) is 26.2 Å². The molecule has 0 radical (unpaired) electrons. The van der Waals surface area contributed by atoms with Crippen LogP contribution in [0.5, 0.6) is 17.2 Å². The molecule has 0 atom stereocenters. The normalized spacial score (nSPS) is 10.5. The lowest BCUT2D eigenvalue weighted by Gasteiger charge is -2.19. The molecule has 0 bridgehead atoms. The van der Waals surface area contributed by atoms with Gasteiger partial charge in [0.1, 0.15) is 18.1 Å². The Balaban J connectivity index is 1.76. The maximum atomic E-state index is 13.0. The topological polar surface area (TPSA) is 74.0 Å². The Morgan fingerprint density at radius 1 is 1.07 bits per heavy atom. The van der Waals surface area contributed by atoms with E-state index in [1.807, 2.05) is 19.9 Å². The van der Waals surface area contributed by atoms with E-state index in [0.717, 1.165) is 17.0 Å². The van der Waals surface area contributed by atoms with Gasteiger partial charge in [-0.15, -0.1) is 0 Å². The number of benzene rings is 2. The maximum Gasteiger partial charge on any atom is 0.258 e. The fourth-order valence-electron chi connectivity index (χ4n) is 2.93. The molecule has 1 amide bonds. The molecule has 152 valence electrons. The summed E-state index contributed by atoms with van der Waals surface area (Å²) in [5.74, 6) is 2.31. The summed E-state index contributed by atoms with van der Waals surface area (Å²) in [4.78, 5) is 14.5. The van der Waals surface area contributed by atoms with Crippen molar-refractivity contribution in [3.05, 3.63) is 65.0 Å². The summed E-state index contributed by atoms with van der Waals surface area (Å²) >= 11 is 0. The second-order valence-corrected chi connectivity index (χ2v) is 6.52. The molecule has 0 aliphatic carbocycles. The second-order valence-electron chi connectivity index (χ2n) is 6.52. The van der Waals surface area contributed by atoms with Crippen molar-refractivity contribution >= 4 is 11.6 Å². The SMILES string of the molecule is COc1ccc(N(C)C(=O)c2cccc(OCc3c(C)noc3C)c2)cc1OC. The van der Waals surface area contributed by atoms with Gasteiger partial charge in [-0.25, -0.2) is 0 Å². The maximum absolute atomic E-state index is 13.0. The van der Waals surface area contributed by atoms with Crippen LogP contribution >= 0.6 is 0 Å². The molecule has 1 heterocycles. The van der Waals surface area contributed by atoms with E-state index in [9.17, 15) is 4.79 Å². The van der Waals surface area contributed by atoms with Gasteiger partial charge < -0.3 is 23.6 Å². The quantitative estimate of drug-likeness (QED) is 0.597. The number of nitrogens with zero attached hydrogens (tertiary/aromatic N) is 2. The molecule has 0 aliphatic heterocycles. The zero-order valence-electron chi connectivity index (χ0n) is 17.2. The van der Waals surface area contributed by atoms with Crippen LogP contribution in [0.25, 0.3) is 0 Å². The smallest absolute Gasteiger partial charge is 0.258 e. The lowest BCUT2D eigenvalue weighted by atomic mass is 10.1. The van der Waals surface area contributed by atoms with Crippen molar-refractivity contribution in [3.8, 4) is 17.2 Å². The number of aromatic nitrogens is 1. The molecule has 3 aromatic rings. The summed E-state index contributed by atoms with van der Waals surface area (Å²) in [5, 5.41) is 3.92. The minimum absolute atomic E-state index is 0.167. The molecule has 7 nitrogen and oxygen atoms in total. The number of anilines is 1. The van der Waals surface area contributed by atoms with Crippen LogP contribution in [0.3, 0.4) is 0 Å². The molecular weight excluding hydrogens is 372 g/mol. The van der Waals surface area contributed by atoms with Crippen molar-refractivity contribution in [2.45, 2.75) is 20.5 Å². The average Bonchev–Trinajstić information content (AvgIpc) is 3.08. The van der Waals surface area contributed by atoms with E-state index >= 15 is 0 Å². The Morgan fingerprint density at radius 3 is 2.48 bits per heavy atom. The van der Waals surface area contributed by atoms with E-state index in [1.54, 1.807) is 62.6 Å². The largest absolute Gasteiger partial charge is 0.493 e. The molecule has 29 heavy (non-hydrogen) atoms. The predicted molar refractivity (Wildman–Crippen MR) is 109 cm³/mol. The van der Waals surface area contributed by atoms with E-state index in [1.165, 1.54) is 0 Å². The highest BCUT2D eigenvalue weighted by Gasteiger charge is 2.17. The summed E-state index contributed by atoms with van der Waals surface area (Å²) in [6.07, 6.45) is 0. The Morgan fingerprint density at radius 2 is 1.83 bits per heavy atom. The Bertz CT molecular complexity index is 993. The van der Waals surface area contributed by atoms with Crippen molar-refractivity contribution in [1.29, 1.82) is 0 Å². The Kier molecular flexibility index (Phi) is 6.07. The number of carbonyl (C=O) groups excluding carboxylic acids is 1. The van der Waals surface area contributed by atoms with Crippen LogP contribution in [0, 0.1) is 13.8 Å². The van der Waals surface area contributed by atoms with Crippen LogP contribution in [0.2, 0.25) is 0 Å². The fraction of sp³-hybridized carbons (Fsp3) is 0.273. The lowest BCUT2D eigenvalue weighted by molar-refractivity contribution is 0.0992. The minimum atomic E-state index is -0.167. The number of ether oxygens (including phenoxy) is 3. The molecule has 0 spiro atoms. The van der Waals surface area contributed by atoms with Gasteiger partial charge in [0.2, 0.25) is 0 Å². The number of carbonyl (C=O) groups is 1. The van der Waals surface area contributed by atoms with Crippen LogP contribution < -0.4 is 19.1 Å². The van der Waals surface area contributed by atoms with Crippen molar-refractivity contribution in [3.63, 3.8) is 0 Å². The second kappa shape index (κ2) is 8.68. The summed E-state index contributed by atoms with van der Waals surface area (Å²) in [7, 11) is 4.84. The van der Waals surface area contributed by atoms with Gasteiger partial charge in [0.15, 0.2) is 11.5 Å². The highest BCUT2D eigenvalue weighted by molar-refractivity contribution is 6.06. The standard InChI is InChI=1S/C22H24N2O5/c1-14-19(15(2)29-23-14)13-28-18-8-6-7-16(11-18)22(25)24(3)17-9-10-20(26-4)21(12-17)27-5/h6-12H,13H2,1-5H3. The Hall–Kier alpha value is -3.48. The molecule has 3 rings (SSSR count). The summed E-state index contributed by atoms with van der Waals surface area (Å²) < 4.78 is 21.6. The van der Waals surface area contributed by atoms with Gasteiger partial charge in [0.05, 0.1) is 25.5 Å². The summed E-state index contributed by atoms with van der Waals surface area (Å²) in [6, 6.07) is 12.4. The molecule has 0 N–H and O–H groups in total. The summed E-state index contributed by atoms with van der Waals surface area (Å²) in [5.41, 5.74) is 2.90. The first-order valence-electron chi connectivity index (χ1n) is 9.09. The van der Waals surface area contributed by atoms with Gasteiger partial charge in [-0.05, 0) is 44.2 Å². The van der Waals surface area contributed by atoms with Gasteiger partial charge in [-0.1, -0.05) is 11.2 Å². The van der Waals surface area contributed by atoms with Gasteiger partial charge in [-0.3, -0.25) is 4.79 Å². The molecule has 1 aromatic heterocycles. The third-order valence-electron chi connectivity index (χ3n) is 4.70. The van der Waals surface area contributed by atoms with Crippen LogP contribution in [-0.4, -0.2) is 32.3 Å². The molecule has 7 heteroatoms. The number of hydrogen-bond acceptors (Lipinski definition) is 6. The van der Waals surface area contributed by atoms with E-state index in [4.69, 9.17) is 18.7 Å². The third kappa shape index (κ3) is 4.34. The zero-order valence-corrected chi connectivity index (χ0v) is 17.2. The van der Waals surface area contributed by atoms with Crippen molar-refractivity contribution in [1.82, 2.24) is 5.16 Å². The first-order valence-corrected chi connectivity index (χ1v) is 9.09. The number of aryl methyl sites for hydroxylation is 2. The number of amides is 1. The number of methoxy groups -OCH3 is 2. The van der Waals surface area contributed by atoms with E-state index in [2.05, 4.69) is 5.16 Å². The average molecular weight is 396 g/mol. The van der Waals surface area contributed by atoms with E-state index in [-0.39, 0.29) is 5.91 Å². The van der Waals surface area contributed by atoms with Gasteiger partial charge in [0, 0.05) is 24.4 Å². The number of hydrogen-bond donors (Lipinski definition) is 0. The third-order valence-corrected chi connectivity index (χ3v) is 4.70. The van der Waals surface area contributed by atoms with Crippen LogP contribution in [0.15, 0.2) is 47.0 Å². The molecule has 0 aliphatic rings. The van der Waals surface area contributed by atoms with Gasteiger partial charge >= 0.3 is 0 Å². The van der Waals surface area contributed by atoms with Gasteiger partial charge in [-0.2, -0.15) is 0 Å². The van der Waals surface area contributed by atoms with E-state index in [0.29, 0.717) is 35.1 Å². The van der Waals surface area contributed by atoms with Crippen LogP contribution in [0.1, 0.15) is 27.4 Å². The highest BCUT2D eigenvalue weighted by atomic mass is 16.5. The molecule has 0 saturated heterocycles. The first kappa shape index (κ1) is 20.3. The minimum Gasteiger partial charge on any atom is -0.493 e. The van der Waals surface area contributed by atoms with Crippen molar-refractivity contribution < 1.29 is 23.5 Å². The highest BCUT2D eigenvalue weighted by Crippen LogP contribution is 2.31. The van der Waals surface area contributed by atoms with Crippen molar-refractivity contribution in [2.24, 2.45) is 0 Å². The number of rotatable bonds is 7. The first-order chi connectivity index (χ1) is 13.9. The lowest BCUT2D eigenvalue weighted by Crippen LogP contribution is -2.26. The molecule has 0 fully saturated rings. The molecule has 0 unspecified atom stereocenters. The van der Waals surface area contributed by atoms with E-state index < -0.39 is 0 Å². The van der Waals surface area contributed by atoms with Crippen LogP contribution in [0.4, 0.5) is 5.69 Å². The van der Waals surface area contributed by atoms with Gasteiger partial charge in [0.25, 0.3) is 5.91 Å². The molecule has 0 saturated carbocycles.